The van der Waals surface area contributed by atoms with Crippen LogP contribution in [0.4, 0.5) is 0 Å². The van der Waals surface area contributed by atoms with E-state index in [-0.39, 0.29) is 11.9 Å². The average Bonchev–Trinajstić information content (AvgIpc) is 3.29. The minimum atomic E-state index is 0.0122. The summed E-state index contributed by atoms with van der Waals surface area (Å²) in [6.07, 6.45) is 8.63. The molecule has 2 atom stereocenters. The Balaban J connectivity index is 1.79. The zero-order valence-electron chi connectivity index (χ0n) is 13.2. The Morgan fingerprint density at radius 1 is 1.30 bits per heavy atom. The van der Waals surface area contributed by atoms with Crippen molar-refractivity contribution in [2.75, 3.05) is 19.6 Å². The molecule has 1 saturated carbocycles. The maximum absolute atomic E-state index is 12.2. The Kier molecular flexibility index (Phi) is 6.30. The predicted molar refractivity (Wildman–Crippen MR) is 82.7 cm³/mol. The lowest BCUT2D eigenvalue weighted by Crippen LogP contribution is -2.54. The van der Waals surface area contributed by atoms with Gasteiger partial charge in [-0.25, -0.2) is 0 Å². The molecule has 4 nitrogen and oxygen atoms in total. The fourth-order valence-corrected chi connectivity index (χ4v) is 3.03. The summed E-state index contributed by atoms with van der Waals surface area (Å²) in [7, 11) is 0. The fraction of sp³-hybridized carbons (Fsp3) is 0.938. The standard InChI is InChI=1S/C16H31N3O/c1-3-4-10-17-16(20)13(2)19-11-6-5-7-15(19)12-18-14-8-9-14/h13-15,18H,3-12H2,1-2H3,(H,17,20). The molecule has 1 aliphatic carbocycles. The summed E-state index contributed by atoms with van der Waals surface area (Å²) in [5.41, 5.74) is 0. The van der Waals surface area contributed by atoms with Crippen LogP contribution in [-0.2, 0) is 4.79 Å². The number of hydrogen-bond acceptors (Lipinski definition) is 3. The lowest BCUT2D eigenvalue weighted by atomic mass is 9.99. The van der Waals surface area contributed by atoms with Crippen LogP contribution in [0.2, 0.25) is 0 Å². The lowest BCUT2D eigenvalue weighted by Gasteiger charge is -2.39. The van der Waals surface area contributed by atoms with Gasteiger partial charge in [0.2, 0.25) is 5.91 Å². The van der Waals surface area contributed by atoms with Crippen LogP contribution >= 0.6 is 0 Å². The third kappa shape index (κ3) is 4.74. The molecule has 20 heavy (non-hydrogen) atoms. The highest BCUT2D eigenvalue weighted by Crippen LogP contribution is 2.22. The van der Waals surface area contributed by atoms with Gasteiger partial charge < -0.3 is 10.6 Å². The number of piperidine rings is 1. The van der Waals surface area contributed by atoms with Crippen LogP contribution in [-0.4, -0.2) is 48.6 Å². The van der Waals surface area contributed by atoms with E-state index >= 15 is 0 Å². The molecule has 1 saturated heterocycles. The van der Waals surface area contributed by atoms with Gasteiger partial charge in [-0.1, -0.05) is 19.8 Å². The summed E-state index contributed by atoms with van der Waals surface area (Å²) in [6.45, 7) is 7.16. The number of nitrogens with one attached hydrogen (secondary N) is 2. The molecular formula is C16H31N3O. The molecule has 1 amide bonds. The summed E-state index contributed by atoms with van der Waals surface area (Å²) < 4.78 is 0. The molecule has 0 aromatic carbocycles. The smallest absolute Gasteiger partial charge is 0.237 e. The second-order valence-corrected chi connectivity index (χ2v) is 6.39. The van der Waals surface area contributed by atoms with Crippen LogP contribution in [0, 0.1) is 0 Å². The van der Waals surface area contributed by atoms with Crippen LogP contribution in [0.1, 0.15) is 58.8 Å². The predicted octanol–water partition coefficient (Wildman–Crippen LogP) is 1.90. The minimum absolute atomic E-state index is 0.0122. The van der Waals surface area contributed by atoms with E-state index in [2.05, 4.69) is 29.4 Å². The third-order valence-electron chi connectivity index (χ3n) is 4.60. The maximum atomic E-state index is 12.2. The number of unbranched alkanes of at least 4 members (excludes halogenated alkanes) is 1. The van der Waals surface area contributed by atoms with Crippen molar-refractivity contribution in [3.05, 3.63) is 0 Å². The van der Waals surface area contributed by atoms with Crippen molar-refractivity contribution in [2.24, 2.45) is 0 Å². The quantitative estimate of drug-likeness (QED) is 0.668. The van der Waals surface area contributed by atoms with Gasteiger partial charge in [0.15, 0.2) is 0 Å². The van der Waals surface area contributed by atoms with Gasteiger partial charge in [-0.3, -0.25) is 9.69 Å². The molecule has 2 rings (SSSR count). The molecule has 0 aromatic rings. The summed E-state index contributed by atoms with van der Waals surface area (Å²) >= 11 is 0. The lowest BCUT2D eigenvalue weighted by molar-refractivity contribution is -0.127. The second-order valence-electron chi connectivity index (χ2n) is 6.39. The fourth-order valence-electron chi connectivity index (χ4n) is 3.03. The van der Waals surface area contributed by atoms with Crippen LogP contribution in [0.15, 0.2) is 0 Å². The van der Waals surface area contributed by atoms with Crippen molar-refractivity contribution in [3.8, 4) is 0 Å². The summed E-state index contributed by atoms with van der Waals surface area (Å²) in [6, 6.07) is 1.31. The van der Waals surface area contributed by atoms with E-state index in [1.807, 2.05) is 0 Å². The SMILES string of the molecule is CCCCNC(=O)C(C)N1CCCCC1CNC1CC1. The van der Waals surface area contributed by atoms with Gasteiger partial charge >= 0.3 is 0 Å². The molecule has 1 aliphatic heterocycles. The van der Waals surface area contributed by atoms with E-state index in [4.69, 9.17) is 0 Å². The molecule has 1 heterocycles. The number of likely N-dealkylation sites (tertiary alicyclic amines) is 1. The topological polar surface area (TPSA) is 44.4 Å². The van der Waals surface area contributed by atoms with E-state index < -0.39 is 0 Å². The first-order valence-electron chi connectivity index (χ1n) is 8.49. The number of rotatable bonds is 8. The summed E-state index contributed by atoms with van der Waals surface area (Å²) in [4.78, 5) is 14.7. The first-order chi connectivity index (χ1) is 9.72. The van der Waals surface area contributed by atoms with E-state index in [0.29, 0.717) is 6.04 Å². The van der Waals surface area contributed by atoms with Crippen molar-refractivity contribution in [2.45, 2.75) is 76.9 Å². The van der Waals surface area contributed by atoms with Crippen LogP contribution in [0.3, 0.4) is 0 Å². The molecule has 0 radical (unpaired) electrons. The zero-order chi connectivity index (χ0) is 14.4. The van der Waals surface area contributed by atoms with Crippen LogP contribution < -0.4 is 10.6 Å². The van der Waals surface area contributed by atoms with Gasteiger partial charge in [-0.05, 0) is 45.6 Å². The summed E-state index contributed by atoms with van der Waals surface area (Å²) in [5.74, 6) is 0.205. The number of hydrogen-bond donors (Lipinski definition) is 2. The van der Waals surface area contributed by atoms with Crippen LogP contribution in [0.25, 0.3) is 0 Å². The number of nitrogens with zero attached hydrogens (tertiary/aromatic N) is 1. The number of amides is 1. The second kappa shape index (κ2) is 7.99. The van der Waals surface area contributed by atoms with Gasteiger partial charge in [0.1, 0.15) is 0 Å². The summed E-state index contributed by atoms with van der Waals surface area (Å²) in [5, 5.41) is 6.71. The molecule has 4 heteroatoms. The minimum Gasteiger partial charge on any atom is -0.355 e. The Morgan fingerprint density at radius 2 is 2.10 bits per heavy atom. The van der Waals surface area contributed by atoms with Gasteiger partial charge in [0.05, 0.1) is 6.04 Å². The monoisotopic (exact) mass is 281 g/mol. The van der Waals surface area contributed by atoms with E-state index in [1.165, 1.54) is 32.1 Å². The van der Waals surface area contributed by atoms with Gasteiger partial charge in [-0.2, -0.15) is 0 Å². The Bertz CT molecular complexity index is 304. The van der Waals surface area contributed by atoms with Gasteiger partial charge in [0, 0.05) is 25.2 Å². The Hall–Kier alpha value is -0.610. The molecule has 116 valence electrons. The van der Waals surface area contributed by atoms with E-state index in [1.54, 1.807) is 0 Å². The number of carbonyl (C=O) groups is 1. The molecule has 2 fully saturated rings. The Morgan fingerprint density at radius 3 is 2.80 bits per heavy atom. The third-order valence-corrected chi connectivity index (χ3v) is 4.60. The average molecular weight is 281 g/mol. The molecule has 0 aromatic heterocycles. The molecule has 0 spiro atoms. The van der Waals surface area contributed by atoms with Crippen molar-refractivity contribution in [1.29, 1.82) is 0 Å². The highest BCUT2D eigenvalue weighted by atomic mass is 16.2. The highest BCUT2D eigenvalue weighted by molar-refractivity contribution is 5.81. The van der Waals surface area contributed by atoms with Crippen molar-refractivity contribution < 1.29 is 4.79 Å². The van der Waals surface area contributed by atoms with Crippen molar-refractivity contribution >= 4 is 5.91 Å². The van der Waals surface area contributed by atoms with E-state index in [9.17, 15) is 4.79 Å². The zero-order valence-corrected chi connectivity index (χ0v) is 13.2. The molecule has 2 N–H and O–H groups in total. The molecule has 0 bridgehead atoms. The number of carbonyl (C=O) groups excluding carboxylic acids is 1. The first-order valence-corrected chi connectivity index (χ1v) is 8.49. The first kappa shape index (κ1) is 15.8. The van der Waals surface area contributed by atoms with Crippen molar-refractivity contribution in [3.63, 3.8) is 0 Å². The molecule has 2 aliphatic rings. The largest absolute Gasteiger partial charge is 0.355 e. The molecular weight excluding hydrogens is 250 g/mol. The van der Waals surface area contributed by atoms with Crippen molar-refractivity contribution in [1.82, 2.24) is 15.5 Å². The normalized spacial score (nSPS) is 25.4. The highest BCUT2D eigenvalue weighted by Gasteiger charge is 2.31. The Labute approximate surface area is 123 Å². The van der Waals surface area contributed by atoms with Gasteiger partial charge in [-0.15, -0.1) is 0 Å². The van der Waals surface area contributed by atoms with E-state index in [0.717, 1.165) is 38.5 Å². The van der Waals surface area contributed by atoms with Crippen LogP contribution in [0.5, 0.6) is 0 Å². The molecule has 2 unspecified atom stereocenters. The maximum Gasteiger partial charge on any atom is 0.237 e. The van der Waals surface area contributed by atoms with Gasteiger partial charge in [0.25, 0.3) is 0 Å².